The fourth-order valence-corrected chi connectivity index (χ4v) is 2.72. The highest BCUT2D eigenvalue weighted by Gasteiger charge is 2.18. The third-order valence-corrected chi connectivity index (χ3v) is 4.21. The maximum absolute atomic E-state index is 12.1. The largest absolute Gasteiger partial charge is 0.452 e. The summed E-state index contributed by atoms with van der Waals surface area (Å²) in [6.45, 7) is 1.81. The van der Waals surface area contributed by atoms with Gasteiger partial charge < -0.3 is 15.4 Å². The van der Waals surface area contributed by atoms with Crippen LogP contribution >= 0.6 is 11.8 Å². The third-order valence-electron chi connectivity index (χ3n) is 3.49. The summed E-state index contributed by atoms with van der Waals surface area (Å²) in [5.74, 6) is -1.31. The number of nitrogens with one attached hydrogen (secondary N) is 2. The molecule has 0 saturated carbocycles. The van der Waals surface area contributed by atoms with E-state index >= 15 is 0 Å². The minimum absolute atomic E-state index is 0.000494. The third kappa shape index (κ3) is 5.71. The molecular formula is C18H19N3O5S. The molecular weight excluding hydrogens is 370 g/mol. The van der Waals surface area contributed by atoms with Crippen molar-refractivity contribution in [1.82, 2.24) is 0 Å². The Labute approximate surface area is 160 Å². The van der Waals surface area contributed by atoms with Gasteiger partial charge >= 0.3 is 5.97 Å². The monoisotopic (exact) mass is 389 g/mol. The molecule has 0 radical (unpaired) electrons. The molecule has 0 aliphatic carbocycles. The molecule has 0 unspecified atom stereocenters. The molecule has 0 atom stereocenters. The molecule has 0 spiro atoms. The van der Waals surface area contributed by atoms with Crippen LogP contribution in [-0.2, 0) is 9.53 Å². The van der Waals surface area contributed by atoms with Crippen LogP contribution < -0.4 is 10.6 Å². The first-order valence-corrected chi connectivity index (χ1v) is 9.30. The molecule has 8 nitrogen and oxygen atoms in total. The van der Waals surface area contributed by atoms with Gasteiger partial charge in [-0.1, -0.05) is 6.07 Å². The summed E-state index contributed by atoms with van der Waals surface area (Å²) in [6.07, 6.45) is 1.92. The van der Waals surface area contributed by atoms with Crippen molar-refractivity contribution in [3.63, 3.8) is 0 Å². The Morgan fingerprint density at radius 1 is 1.22 bits per heavy atom. The predicted molar refractivity (Wildman–Crippen MR) is 104 cm³/mol. The van der Waals surface area contributed by atoms with Crippen LogP contribution in [-0.4, -0.2) is 36.2 Å². The van der Waals surface area contributed by atoms with Crippen LogP contribution in [0, 0.1) is 10.1 Å². The normalized spacial score (nSPS) is 10.1. The van der Waals surface area contributed by atoms with E-state index < -0.39 is 23.4 Å². The topological polar surface area (TPSA) is 111 Å². The Bertz CT molecular complexity index is 857. The molecule has 27 heavy (non-hydrogen) atoms. The van der Waals surface area contributed by atoms with Gasteiger partial charge in [-0.25, -0.2) is 4.79 Å². The highest BCUT2D eigenvalue weighted by Crippen LogP contribution is 2.25. The van der Waals surface area contributed by atoms with E-state index in [-0.39, 0.29) is 11.3 Å². The molecule has 0 aromatic heterocycles. The molecule has 1 amide bonds. The lowest BCUT2D eigenvalue weighted by Gasteiger charge is -2.09. The molecule has 9 heteroatoms. The van der Waals surface area contributed by atoms with E-state index in [1.165, 1.54) is 23.9 Å². The molecule has 2 aromatic carbocycles. The maximum Gasteiger partial charge on any atom is 0.338 e. The van der Waals surface area contributed by atoms with Gasteiger partial charge in [0.2, 0.25) is 0 Å². The van der Waals surface area contributed by atoms with Crippen LogP contribution in [0.2, 0.25) is 0 Å². The number of carbonyl (C=O) groups is 2. The van der Waals surface area contributed by atoms with Crippen LogP contribution in [0.4, 0.5) is 17.1 Å². The quantitative estimate of drug-likeness (QED) is 0.307. The minimum Gasteiger partial charge on any atom is -0.452 e. The summed E-state index contributed by atoms with van der Waals surface area (Å²) >= 11 is 1.54. The van der Waals surface area contributed by atoms with E-state index in [0.717, 1.165) is 11.0 Å². The highest BCUT2D eigenvalue weighted by atomic mass is 32.2. The molecule has 0 bridgehead atoms. The Kier molecular flexibility index (Phi) is 7.18. The molecule has 2 aromatic rings. The molecule has 0 aliphatic heterocycles. The molecule has 0 aliphatic rings. The van der Waals surface area contributed by atoms with Crippen molar-refractivity contribution in [2.45, 2.75) is 11.8 Å². The lowest BCUT2D eigenvalue weighted by Crippen LogP contribution is -2.21. The van der Waals surface area contributed by atoms with Gasteiger partial charge in [-0.05, 0) is 43.5 Å². The SMILES string of the molecule is CCNc1ccc(C(=O)OCC(=O)Nc2cccc(SC)c2)cc1[N+](=O)[O-]. The first-order valence-electron chi connectivity index (χ1n) is 8.08. The standard InChI is InChI=1S/C18H19N3O5S/c1-3-19-15-8-7-12(9-16(15)21(24)25)18(23)26-11-17(22)20-13-5-4-6-14(10-13)27-2/h4-10,19H,3,11H2,1-2H3,(H,20,22). The van der Waals surface area contributed by atoms with Gasteiger partial charge in [-0.15, -0.1) is 11.8 Å². The highest BCUT2D eigenvalue weighted by molar-refractivity contribution is 7.98. The van der Waals surface area contributed by atoms with Gasteiger partial charge in [0, 0.05) is 23.2 Å². The average molecular weight is 389 g/mol. The second-order valence-electron chi connectivity index (χ2n) is 5.38. The van der Waals surface area contributed by atoms with Crippen molar-refractivity contribution in [3.8, 4) is 0 Å². The van der Waals surface area contributed by atoms with E-state index in [9.17, 15) is 19.7 Å². The fraction of sp³-hybridized carbons (Fsp3) is 0.222. The van der Waals surface area contributed by atoms with Crippen molar-refractivity contribution in [2.24, 2.45) is 0 Å². The number of nitro groups is 1. The zero-order chi connectivity index (χ0) is 19.8. The average Bonchev–Trinajstić information content (AvgIpc) is 2.66. The van der Waals surface area contributed by atoms with Gasteiger partial charge in [-0.3, -0.25) is 14.9 Å². The van der Waals surface area contributed by atoms with Crippen LogP contribution in [0.3, 0.4) is 0 Å². The number of nitro benzene ring substituents is 1. The zero-order valence-corrected chi connectivity index (χ0v) is 15.7. The molecule has 0 heterocycles. The van der Waals surface area contributed by atoms with Crippen molar-refractivity contribution >= 4 is 40.7 Å². The van der Waals surface area contributed by atoms with E-state index in [1.807, 2.05) is 12.3 Å². The predicted octanol–water partition coefficient (Wildman–Crippen LogP) is 3.54. The minimum atomic E-state index is -0.811. The Balaban J connectivity index is 1.99. The van der Waals surface area contributed by atoms with Gasteiger partial charge in [0.1, 0.15) is 5.69 Å². The number of hydrogen-bond acceptors (Lipinski definition) is 7. The van der Waals surface area contributed by atoms with Gasteiger partial charge in [0.05, 0.1) is 10.5 Å². The van der Waals surface area contributed by atoms with Crippen molar-refractivity contribution in [1.29, 1.82) is 0 Å². The Hall–Kier alpha value is -3.07. The molecule has 2 rings (SSSR count). The van der Waals surface area contributed by atoms with Crippen molar-refractivity contribution in [3.05, 3.63) is 58.1 Å². The number of nitrogens with zero attached hydrogens (tertiary/aromatic N) is 1. The zero-order valence-electron chi connectivity index (χ0n) is 14.9. The summed E-state index contributed by atoms with van der Waals surface area (Å²) in [5.41, 5.74) is 0.671. The van der Waals surface area contributed by atoms with E-state index in [1.54, 1.807) is 25.1 Å². The summed E-state index contributed by atoms with van der Waals surface area (Å²) in [7, 11) is 0. The number of esters is 1. The van der Waals surface area contributed by atoms with Gasteiger partial charge in [0.25, 0.3) is 11.6 Å². The first-order chi connectivity index (χ1) is 12.9. The maximum atomic E-state index is 12.1. The van der Waals surface area contributed by atoms with E-state index in [2.05, 4.69) is 10.6 Å². The van der Waals surface area contributed by atoms with Crippen LogP contribution in [0.5, 0.6) is 0 Å². The van der Waals surface area contributed by atoms with E-state index in [4.69, 9.17) is 4.74 Å². The van der Waals surface area contributed by atoms with Gasteiger partial charge in [-0.2, -0.15) is 0 Å². The molecule has 0 saturated heterocycles. The molecule has 142 valence electrons. The van der Waals surface area contributed by atoms with Crippen molar-refractivity contribution in [2.75, 3.05) is 30.0 Å². The number of carbonyl (C=O) groups excluding carboxylic acids is 2. The second kappa shape index (κ2) is 9.58. The van der Waals surface area contributed by atoms with Gasteiger partial charge in [0.15, 0.2) is 6.61 Å². The molecule has 0 fully saturated rings. The Morgan fingerprint density at radius 2 is 2.00 bits per heavy atom. The number of ether oxygens (including phenoxy) is 1. The number of rotatable bonds is 8. The summed E-state index contributed by atoms with van der Waals surface area (Å²) in [5, 5.41) is 16.6. The number of anilines is 2. The number of thioether (sulfide) groups is 1. The lowest BCUT2D eigenvalue weighted by molar-refractivity contribution is -0.384. The number of amides is 1. The fourth-order valence-electron chi connectivity index (χ4n) is 2.26. The number of hydrogen-bond donors (Lipinski definition) is 2. The van der Waals surface area contributed by atoms with E-state index in [0.29, 0.717) is 17.9 Å². The van der Waals surface area contributed by atoms with Crippen LogP contribution in [0.1, 0.15) is 17.3 Å². The van der Waals surface area contributed by atoms with Crippen LogP contribution in [0.15, 0.2) is 47.4 Å². The first kappa shape index (κ1) is 20.2. The lowest BCUT2D eigenvalue weighted by atomic mass is 10.1. The summed E-state index contributed by atoms with van der Waals surface area (Å²) in [4.78, 5) is 35.6. The second-order valence-corrected chi connectivity index (χ2v) is 6.26. The molecule has 2 N–H and O–H groups in total. The number of benzene rings is 2. The van der Waals surface area contributed by atoms with Crippen LogP contribution in [0.25, 0.3) is 0 Å². The smallest absolute Gasteiger partial charge is 0.338 e. The summed E-state index contributed by atoms with van der Waals surface area (Å²) < 4.78 is 4.95. The van der Waals surface area contributed by atoms with Crippen molar-refractivity contribution < 1.29 is 19.2 Å². The summed E-state index contributed by atoms with van der Waals surface area (Å²) in [6, 6.07) is 11.2. The Morgan fingerprint density at radius 3 is 2.67 bits per heavy atom.